The van der Waals surface area contributed by atoms with Crippen LogP contribution in [0.25, 0.3) is 0 Å². The van der Waals surface area contributed by atoms with E-state index in [2.05, 4.69) is 10.6 Å². The number of rotatable bonds is 9. The van der Waals surface area contributed by atoms with Crippen LogP contribution in [-0.2, 0) is 4.79 Å². The van der Waals surface area contributed by atoms with Crippen molar-refractivity contribution in [1.82, 2.24) is 15.5 Å². The normalized spacial score (nSPS) is 11.8. The van der Waals surface area contributed by atoms with Gasteiger partial charge in [-0.25, -0.2) is 0 Å². The molecule has 0 aliphatic carbocycles. The van der Waals surface area contributed by atoms with Crippen LogP contribution in [-0.4, -0.2) is 61.9 Å². The smallest absolute Gasteiger partial charge is 0.251 e. The van der Waals surface area contributed by atoms with E-state index in [4.69, 9.17) is 0 Å². The monoisotopic (exact) mass is 337 g/mol. The van der Waals surface area contributed by atoms with Gasteiger partial charge in [-0.15, -0.1) is 0 Å². The lowest BCUT2D eigenvalue weighted by Gasteiger charge is -2.24. The Morgan fingerprint density at radius 1 is 1.35 bits per heavy atom. The molecular formula is C17H27N3O2S. The summed E-state index contributed by atoms with van der Waals surface area (Å²) in [7, 11) is 3.62. The lowest BCUT2D eigenvalue weighted by Crippen LogP contribution is -2.48. The molecule has 1 rings (SSSR count). The zero-order valence-electron chi connectivity index (χ0n) is 14.4. The van der Waals surface area contributed by atoms with E-state index in [1.807, 2.05) is 38.4 Å². The van der Waals surface area contributed by atoms with Crippen LogP contribution in [0.4, 0.5) is 0 Å². The van der Waals surface area contributed by atoms with Crippen LogP contribution in [0.15, 0.2) is 24.3 Å². The lowest BCUT2D eigenvalue weighted by molar-refractivity contribution is -0.131. The molecule has 23 heavy (non-hydrogen) atoms. The molecule has 1 atom stereocenters. The molecule has 1 aromatic rings. The third-order valence-electron chi connectivity index (χ3n) is 3.57. The molecule has 0 radical (unpaired) electrons. The SMILES string of the molecule is CNCCN(C)C(=O)C(CCSC)NC(=O)c1cccc(C)c1. The van der Waals surface area contributed by atoms with E-state index in [1.165, 1.54) is 0 Å². The Labute approximate surface area is 143 Å². The largest absolute Gasteiger partial charge is 0.343 e. The zero-order chi connectivity index (χ0) is 17.2. The maximum Gasteiger partial charge on any atom is 0.251 e. The first-order valence-electron chi connectivity index (χ1n) is 7.75. The minimum Gasteiger partial charge on any atom is -0.343 e. The van der Waals surface area contributed by atoms with Crippen molar-refractivity contribution >= 4 is 23.6 Å². The van der Waals surface area contributed by atoms with E-state index in [-0.39, 0.29) is 11.8 Å². The Hall–Kier alpha value is -1.53. The highest BCUT2D eigenvalue weighted by atomic mass is 32.2. The van der Waals surface area contributed by atoms with Crippen LogP contribution in [0.5, 0.6) is 0 Å². The van der Waals surface area contributed by atoms with Crippen LogP contribution in [0.3, 0.4) is 0 Å². The van der Waals surface area contributed by atoms with Gasteiger partial charge >= 0.3 is 0 Å². The van der Waals surface area contributed by atoms with Gasteiger partial charge in [-0.2, -0.15) is 11.8 Å². The quantitative estimate of drug-likeness (QED) is 0.717. The summed E-state index contributed by atoms with van der Waals surface area (Å²) in [5.74, 6) is 0.579. The van der Waals surface area contributed by atoms with Crippen LogP contribution in [0.2, 0.25) is 0 Å². The average molecular weight is 337 g/mol. The second-order valence-corrected chi connectivity index (χ2v) is 6.53. The van der Waals surface area contributed by atoms with Crippen LogP contribution < -0.4 is 10.6 Å². The van der Waals surface area contributed by atoms with Gasteiger partial charge in [-0.05, 0) is 44.5 Å². The van der Waals surface area contributed by atoms with Gasteiger partial charge in [0.15, 0.2) is 0 Å². The number of carbonyl (C=O) groups excluding carboxylic acids is 2. The fourth-order valence-corrected chi connectivity index (χ4v) is 2.65. The first kappa shape index (κ1) is 19.5. The van der Waals surface area contributed by atoms with Crippen LogP contribution >= 0.6 is 11.8 Å². The van der Waals surface area contributed by atoms with Crippen molar-refractivity contribution in [3.63, 3.8) is 0 Å². The lowest BCUT2D eigenvalue weighted by atomic mass is 10.1. The van der Waals surface area contributed by atoms with E-state index in [0.29, 0.717) is 18.5 Å². The predicted octanol–water partition coefficient (Wildman–Crippen LogP) is 1.52. The fraction of sp³-hybridized carbons (Fsp3) is 0.529. The number of nitrogens with one attached hydrogen (secondary N) is 2. The van der Waals surface area contributed by atoms with Gasteiger partial charge in [0.25, 0.3) is 5.91 Å². The molecule has 0 heterocycles. The molecular weight excluding hydrogens is 310 g/mol. The molecule has 2 N–H and O–H groups in total. The van der Waals surface area contributed by atoms with Crippen molar-refractivity contribution in [2.75, 3.05) is 39.2 Å². The van der Waals surface area contributed by atoms with E-state index >= 15 is 0 Å². The molecule has 6 heteroatoms. The highest BCUT2D eigenvalue weighted by molar-refractivity contribution is 7.98. The van der Waals surface area contributed by atoms with Gasteiger partial charge in [0.2, 0.25) is 5.91 Å². The standard InChI is InChI=1S/C17H27N3O2S/c1-13-6-5-7-14(12-13)16(21)19-15(8-11-23-4)17(22)20(3)10-9-18-2/h5-7,12,15,18H,8-11H2,1-4H3,(H,19,21). The molecule has 0 aromatic heterocycles. The van der Waals surface area contributed by atoms with E-state index in [1.54, 1.807) is 29.8 Å². The predicted molar refractivity (Wildman–Crippen MR) is 97.0 cm³/mol. The van der Waals surface area contributed by atoms with Gasteiger partial charge in [-0.3, -0.25) is 9.59 Å². The second-order valence-electron chi connectivity index (χ2n) is 5.54. The number of nitrogens with zero attached hydrogens (tertiary/aromatic N) is 1. The molecule has 0 fully saturated rings. The van der Waals surface area contributed by atoms with Crippen LogP contribution in [0.1, 0.15) is 22.3 Å². The number of hydrogen-bond acceptors (Lipinski definition) is 4. The topological polar surface area (TPSA) is 61.4 Å². The summed E-state index contributed by atoms with van der Waals surface area (Å²) < 4.78 is 0. The number of amides is 2. The van der Waals surface area contributed by atoms with Crippen molar-refractivity contribution in [2.24, 2.45) is 0 Å². The second kappa shape index (κ2) is 10.3. The molecule has 128 valence electrons. The van der Waals surface area contributed by atoms with Crippen molar-refractivity contribution in [3.05, 3.63) is 35.4 Å². The summed E-state index contributed by atoms with van der Waals surface area (Å²) in [6.07, 6.45) is 2.62. The van der Waals surface area contributed by atoms with Gasteiger partial charge < -0.3 is 15.5 Å². The summed E-state index contributed by atoms with van der Waals surface area (Å²) in [6, 6.07) is 6.90. The summed E-state index contributed by atoms with van der Waals surface area (Å²) in [5, 5.41) is 5.91. The minimum atomic E-state index is -0.489. The number of thioether (sulfide) groups is 1. The number of hydrogen-bond donors (Lipinski definition) is 2. The zero-order valence-corrected chi connectivity index (χ0v) is 15.2. The minimum absolute atomic E-state index is 0.0460. The first-order valence-corrected chi connectivity index (χ1v) is 9.15. The van der Waals surface area contributed by atoms with Gasteiger partial charge in [0.1, 0.15) is 6.04 Å². The maximum absolute atomic E-state index is 12.6. The third kappa shape index (κ3) is 6.62. The average Bonchev–Trinajstić information content (AvgIpc) is 2.55. The molecule has 2 amide bonds. The molecule has 5 nitrogen and oxygen atoms in total. The molecule has 1 unspecified atom stereocenters. The van der Waals surface area contributed by atoms with Crippen molar-refractivity contribution in [2.45, 2.75) is 19.4 Å². The number of carbonyl (C=O) groups is 2. The van der Waals surface area contributed by atoms with E-state index in [0.717, 1.165) is 17.9 Å². The van der Waals surface area contributed by atoms with Gasteiger partial charge in [-0.1, -0.05) is 17.7 Å². The summed E-state index contributed by atoms with van der Waals surface area (Å²) >= 11 is 1.67. The van der Waals surface area contributed by atoms with Crippen molar-refractivity contribution in [1.29, 1.82) is 0 Å². The Kier molecular flexibility index (Phi) is 8.73. The first-order chi connectivity index (χ1) is 11.0. The highest BCUT2D eigenvalue weighted by Crippen LogP contribution is 2.08. The summed E-state index contributed by atoms with van der Waals surface area (Å²) in [4.78, 5) is 26.6. The van der Waals surface area contributed by atoms with Crippen molar-refractivity contribution in [3.8, 4) is 0 Å². The molecule has 0 aliphatic rings. The summed E-state index contributed by atoms with van der Waals surface area (Å²) in [6.45, 7) is 3.29. The molecule has 0 saturated heterocycles. The highest BCUT2D eigenvalue weighted by Gasteiger charge is 2.23. The van der Waals surface area contributed by atoms with E-state index in [9.17, 15) is 9.59 Å². The Morgan fingerprint density at radius 2 is 2.09 bits per heavy atom. The Bertz CT molecular complexity index is 522. The maximum atomic E-state index is 12.6. The van der Waals surface area contributed by atoms with Gasteiger partial charge in [0.05, 0.1) is 0 Å². The molecule has 0 spiro atoms. The molecule has 0 saturated carbocycles. The third-order valence-corrected chi connectivity index (χ3v) is 4.21. The molecule has 1 aromatic carbocycles. The number of likely N-dealkylation sites (N-methyl/N-ethyl adjacent to an activating group) is 2. The number of aryl methyl sites for hydroxylation is 1. The van der Waals surface area contributed by atoms with Gasteiger partial charge in [0, 0.05) is 25.7 Å². The molecule has 0 bridgehead atoms. The number of benzene rings is 1. The van der Waals surface area contributed by atoms with Crippen LogP contribution in [0, 0.1) is 6.92 Å². The Morgan fingerprint density at radius 3 is 2.70 bits per heavy atom. The summed E-state index contributed by atoms with van der Waals surface area (Å²) in [5.41, 5.74) is 1.61. The Balaban J connectivity index is 2.77. The van der Waals surface area contributed by atoms with E-state index < -0.39 is 6.04 Å². The molecule has 0 aliphatic heterocycles. The van der Waals surface area contributed by atoms with Crippen molar-refractivity contribution < 1.29 is 9.59 Å². The fourth-order valence-electron chi connectivity index (χ4n) is 2.18.